The van der Waals surface area contributed by atoms with Gasteiger partial charge in [0.15, 0.2) is 11.6 Å². The van der Waals surface area contributed by atoms with E-state index in [2.05, 4.69) is 13.5 Å². The van der Waals surface area contributed by atoms with Crippen molar-refractivity contribution in [2.24, 2.45) is 5.92 Å². The highest BCUT2D eigenvalue weighted by atomic mass is 19.2. The van der Waals surface area contributed by atoms with Crippen molar-refractivity contribution < 1.29 is 17.9 Å². The van der Waals surface area contributed by atoms with Crippen LogP contribution < -0.4 is 0 Å². The van der Waals surface area contributed by atoms with Gasteiger partial charge in [-0.15, -0.1) is 6.58 Å². The van der Waals surface area contributed by atoms with Crippen LogP contribution in [0.1, 0.15) is 56.3 Å². The molecule has 1 nitrogen and oxygen atoms in total. The van der Waals surface area contributed by atoms with Crippen LogP contribution in [0.4, 0.5) is 13.2 Å². The van der Waals surface area contributed by atoms with Gasteiger partial charge in [-0.3, -0.25) is 0 Å². The first-order valence-electron chi connectivity index (χ1n) is 10.1. The Morgan fingerprint density at radius 1 is 1.07 bits per heavy atom. The van der Waals surface area contributed by atoms with Gasteiger partial charge < -0.3 is 4.74 Å². The predicted octanol–water partition coefficient (Wildman–Crippen LogP) is 7.16. The molecule has 0 amide bonds. The lowest BCUT2D eigenvalue weighted by Gasteiger charge is -2.28. The molecule has 0 aromatic heterocycles. The summed E-state index contributed by atoms with van der Waals surface area (Å²) in [7, 11) is 0. The third-order valence-corrected chi connectivity index (χ3v) is 5.52. The van der Waals surface area contributed by atoms with Crippen LogP contribution in [0.2, 0.25) is 0 Å². The molecule has 1 fully saturated rings. The molecule has 150 valence electrons. The zero-order valence-corrected chi connectivity index (χ0v) is 16.3. The standard InChI is InChI=1S/C24H27F3O/c1-3-5-6-7-17-9-10-18(14-21(17)25)19-11-12-20(24(27)23(19)26)22-13-8-16(4-2)15-28-22/h4,9-12,14,16,22H,2-3,5-8,13,15H2,1H3. The molecule has 0 N–H and O–H groups in total. The van der Waals surface area contributed by atoms with Crippen molar-refractivity contribution >= 4 is 0 Å². The molecule has 1 heterocycles. The number of halogens is 3. The molecule has 0 aliphatic carbocycles. The van der Waals surface area contributed by atoms with Crippen LogP contribution in [-0.2, 0) is 11.2 Å². The number of ether oxygens (including phenoxy) is 1. The number of rotatable bonds is 7. The van der Waals surface area contributed by atoms with Crippen molar-refractivity contribution in [2.75, 3.05) is 6.61 Å². The van der Waals surface area contributed by atoms with Gasteiger partial charge in [0.2, 0.25) is 0 Å². The highest BCUT2D eigenvalue weighted by Gasteiger charge is 2.26. The largest absolute Gasteiger partial charge is 0.373 e. The second-order valence-electron chi connectivity index (χ2n) is 7.49. The fraction of sp³-hybridized carbons (Fsp3) is 0.417. The van der Waals surface area contributed by atoms with E-state index < -0.39 is 17.7 Å². The minimum Gasteiger partial charge on any atom is -0.373 e. The van der Waals surface area contributed by atoms with Crippen molar-refractivity contribution in [3.05, 3.63) is 71.6 Å². The number of benzene rings is 2. The summed E-state index contributed by atoms with van der Waals surface area (Å²) in [6.07, 6.45) is 6.50. The van der Waals surface area contributed by atoms with E-state index in [0.29, 0.717) is 30.6 Å². The lowest BCUT2D eigenvalue weighted by atomic mass is 9.92. The first-order chi connectivity index (χ1) is 13.5. The van der Waals surface area contributed by atoms with Crippen LogP contribution in [0.15, 0.2) is 43.0 Å². The maximum Gasteiger partial charge on any atom is 0.167 e. The van der Waals surface area contributed by atoms with Gasteiger partial charge in [0, 0.05) is 17.0 Å². The second kappa shape index (κ2) is 9.42. The quantitative estimate of drug-likeness (QED) is 0.361. The summed E-state index contributed by atoms with van der Waals surface area (Å²) >= 11 is 0. The molecule has 0 radical (unpaired) electrons. The minimum absolute atomic E-state index is 0.0695. The van der Waals surface area contributed by atoms with Crippen LogP contribution in [0.5, 0.6) is 0 Å². The van der Waals surface area contributed by atoms with Gasteiger partial charge in [-0.1, -0.05) is 50.1 Å². The van der Waals surface area contributed by atoms with E-state index in [1.54, 1.807) is 18.2 Å². The Bertz CT molecular complexity index is 823. The van der Waals surface area contributed by atoms with Gasteiger partial charge in [-0.05, 0) is 42.9 Å². The van der Waals surface area contributed by atoms with Crippen LogP contribution in [0.3, 0.4) is 0 Å². The lowest BCUT2D eigenvalue weighted by Crippen LogP contribution is -2.20. The zero-order valence-electron chi connectivity index (χ0n) is 16.3. The Hall–Kier alpha value is -2.07. The van der Waals surface area contributed by atoms with Gasteiger partial charge in [-0.2, -0.15) is 0 Å². The van der Waals surface area contributed by atoms with E-state index in [4.69, 9.17) is 4.74 Å². The van der Waals surface area contributed by atoms with E-state index in [1.165, 1.54) is 12.1 Å². The average molecular weight is 388 g/mol. The normalized spacial score (nSPS) is 19.6. The van der Waals surface area contributed by atoms with Crippen molar-refractivity contribution in [2.45, 2.75) is 51.6 Å². The van der Waals surface area contributed by atoms with Crippen LogP contribution in [0.25, 0.3) is 11.1 Å². The molecule has 1 saturated heterocycles. The zero-order chi connectivity index (χ0) is 20.1. The van der Waals surface area contributed by atoms with Gasteiger partial charge in [0.1, 0.15) is 5.82 Å². The summed E-state index contributed by atoms with van der Waals surface area (Å²) in [6.45, 7) is 6.30. The molecule has 2 aromatic rings. The molecule has 2 atom stereocenters. The van der Waals surface area contributed by atoms with E-state index >= 15 is 0 Å². The molecule has 3 rings (SSSR count). The van der Waals surface area contributed by atoms with E-state index in [1.807, 2.05) is 6.08 Å². The van der Waals surface area contributed by atoms with Crippen LogP contribution in [-0.4, -0.2) is 6.61 Å². The number of aryl methyl sites for hydroxylation is 1. The van der Waals surface area contributed by atoms with Gasteiger partial charge in [0.25, 0.3) is 0 Å². The highest BCUT2D eigenvalue weighted by Crippen LogP contribution is 2.36. The van der Waals surface area contributed by atoms with Crippen molar-refractivity contribution in [3.63, 3.8) is 0 Å². The van der Waals surface area contributed by atoms with Crippen LogP contribution >= 0.6 is 0 Å². The number of hydrogen-bond donors (Lipinski definition) is 0. The Labute approximate surface area is 165 Å². The first-order valence-corrected chi connectivity index (χ1v) is 10.1. The maximum atomic E-state index is 14.8. The summed E-state index contributed by atoms with van der Waals surface area (Å²) in [5, 5.41) is 0. The molecule has 0 saturated carbocycles. The van der Waals surface area contributed by atoms with Gasteiger partial charge in [-0.25, -0.2) is 13.2 Å². The molecule has 28 heavy (non-hydrogen) atoms. The fourth-order valence-electron chi connectivity index (χ4n) is 3.72. The molecule has 4 heteroatoms. The minimum atomic E-state index is -0.954. The fourth-order valence-corrected chi connectivity index (χ4v) is 3.72. The van der Waals surface area contributed by atoms with E-state index in [9.17, 15) is 13.2 Å². The summed E-state index contributed by atoms with van der Waals surface area (Å²) in [6, 6.07) is 7.70. The Balaban J connectivity index is 1.81. The smallest absolute Gasteiger partial charge is 0.167 e. The van der Waals surface area contributed by atoms with Crippen molar-refractivity contribution in [1.29, 1.82) is 0 Å². The molecule has 0 spiro atoms. The third kappa shape index (κ3) is 4.49. The van der Waals surface area contributed by atoms with Crippen molar-refractivity contribution in [1.82, 2.24) is 0 Å². The molecule has 1 aliphatic rings. The molecule has 2 unspecified atom stereocenters. The average Bonchev–Trinajstić information content (AvgIpc) is 2.71. The van der Waals surface area contributed by atoms with E-state index in [-0.39, 0.29) is 22.9 Å². The molecule has 0 bridgehead atoms. The number of unbranched alkanes of at least 4 members (excludes halogenated alkanes) is 2. The third-order valence-electron chi connectivity index (χ3n) is 5.52. The Morgan fingerprint density at radius 2 is 1.89 bits per heavy atom. The maximum absolute atomic E-state index is 14.8. The SMILES string of the molecule is C=CC1CCC(c2ccc(-c3ccc(CCCCC)c(F)c3)c(F)c2F)OC1. The summed E-state index contributed by atoms with van der Waals surface area (Å²) in [5.74, 6) is -1.98. The summed E-state index contributed by atoms with van der Waals surface area (Å²) in [5.41, 5.74) is 1.25. The molecular formula is C24H27F3O. The Kier molecular flexibility index (Phi) is 6.95. The number of hydrogen-bond acceptors (Lipinski definition) is 1. The van der Waals surface area contributed by atoms with Gasteiger partial charge in [0.05, 0.1) is 12.7 Å². The highest BCUT2D eigenvalue weighted by molar-refractivity contribution is 5.65. The first kappa shape index (κ1) is 20.7. The van der Waals surface area contributed by atoms with E-state index in [0.717, 1.165) is 25.7 Å². The van der Waals surface area contributed by atoms with Crippen LogP contribution in [0, 0.1) is 23.4 Å². The Morgan fingerprint density at radius 3 is 2.54 bits per heavy atom. The monoisotopic (exact) mass is 388 g/mol. The summed E-state index contributed by atoms with van der Waals surface area (Å²) in [4.78, 5) is 0. The molecule has 1 aliphatic heterocycles. The predicted molar refractivity (Wildman–Crippen MR) is 107 cm³/mol. The molecule has 2 aromatic carbocycles. The lowest BCUT2D eigenvalue weighted by molar-refractivity contribution is -0.00732. The molecular weight excluding hydrogens is 361 g/mol. The van der Waals surface area contributed by atoms with Crippen molar-refractivity contribution in [3.8, 4) is 11.1 Å². The topological polar surface area (TPSA) is 9.23 Å². The summed E-state index contributed by atoms with van der Waals surface area (Å²) < 4.78 is 49.6. The van der Waals surface area contributed by atoms with Gasteiger partial charge >= 0.3 is 0 Å². The second-order valence-corrected chi connectivity index (χ2v) is 7.49.